The summed E-state index contributed by atoms with van der Waals surface area (Å²) in [4.78, 5) is 22.9. The van der Waals surface area contributed by atoms with E-state index in [1.54, 1.807) is 0 Å². The van der Waals surface area contributed by atoms with Crippen LogP contribution >= 0.6 is 0 Å². The zero-order valence-electron chi connectivity index (χ0n) is 11.8. The van der Waals surface area contributed by atoms with Gasteiger partial charge in [-0.05, 0) is 43.7 Å². The molecule has 20 heavy (non-hydrogen) atoms. The molecule has 1 aliphatic rings. The Morgan fingerprint density at radius 3 is 2.85 bits per heavy atom. The maximum Gasteiger partial charge on any atom is 0.303 e. The van der Waals surface area contributed by atoms with Crippen molar-refractivity contribution < 1.29 is 14.7 Å². The Morgan fingerprint density at radius 1 is 1.35 bits per heavy atom. The minimum absolute atomic E-state index is 0.00930. The van der Waals surface area contributed by atoms with Crippen LogP contribution in [-0.4, -0.2) is 23.5 Å². The molecule has 2 rings (SSSR count). The third-order valence-electron chi connectivity index (χ3n) is 4.09. The fourth-order valence-corrected chi connectivity index (χ4v) is 2.92. The summed E-state index contributed by atoms with van der Waals surface area (Å²) in [6.07, 6.45) is 3.44. The molecule has 108 valence electrons. The number of amides is 1. The van der Waals surface area contributed by atoms with Gasteiger partial charge in [-0.25, -0.2) is 0 Å². The lowest BCUT2D eigenvalue weighted by Crippen LogP contribution is -2.44. The second-order valence-electron chi connectivity index (χ2n) is 5.60. The molecule has 1 unspecified atom stereocenters. The van der Waals surface area contributed by atoms with Gasteiger partial charge >= 0.3 is 5.97 Å². The second kappa shape index (κ2) is 6.07. The Kier molecular flexibility index (Phi) is 4.42. The molecule has 0 aromatic heterocycles. The fourth-order valence-electron chi connectivity index (χ4n) is 2.92. The molecule has 1 amide bonds. The molecule has 0 saturated heterocycles. The van der Waals surface area contributed by atoms with Gasteiger partial charge in [-0.1, -0.05) is 24.3 Å². The van der Waals surface area contributed by atoms with Crippen LogP contribution in [0.3, 0.4) is 0 Å². The molecule has 1 aromatic carbocycles. The van der Waals surface area contributed by atoms with Gasteiger partial charge in [0.1, 0.15) is 0 Å². The fraction of sp³-hybridized carbons (Fsp3) is 0.500. The Labute approximate surface area is 119 Å². The van der Waals surface area contributed by atoms with Gasteiger partial charge in [-0.15, -0.1) is 0 Å². The molecule has 0 aliphatic heterocycles. The van der Waals surface area contributed by atoms with Gasteiger partial charge in [-0.2, -0.15) is 0 Å². The SMILES string of the molecule is CC1(C(=O)NCCCC(=O)O)CCCc2ccccc21. The van der Waals surface area contributed by atoms with Crippen molar-refractivity contribution in [3.63, 3.8) is 0 Å². The number of benzene rings is 1. The molecular formula is C16H21NO3. The summed E-state index contributed by atoms with van der Waals surface area (Å²) in [6.45, 7) is 2.40. The Bertz CT molecular complexity index is 512. The van der Waals surface area contributed by atoms with Crippen LogP contribution in [0, 0.1) is 0 Å². The van der Waals surface area contributed by atoms with Gasteiger partial charge < -0.3 is 10.4 Å². The van der Waals surface area contributed by atoms with E-state index >= 15 is 0 Å². The van der Waals surface area contributed by atoms with E-state index in [0.717, 1.165) is 24.8 Å². The summed E-state index contributed by atoms with van der Waals surface area (Å²) in [6, 6.07) is 8.10. The highest BCUT2D eigenvalue weighted by Crippen LogP contribution is 2.37. The smallest absolute Gasteiger partial charge is 0.303 e. The average Bonchev–Trinajstić information content (AvgIpc) is 2.43. The van der Waals surface area contributed by atoms with E-state index in [2.05, 4.69) is 11.4 Å². The second-order valence-corrected chi connectivity index (χ2v) is 5.60. The van der Waals surface area contributed by atoms with Crippen LogP contribution in [0.1, 0.15) is 43.7 Å². The molecule has 4 heteroatoms. The Morgan fingerprint density at radius 2 is 2.10 bits per heavy atom. The van der Waals surface area contributed by atoms with Gasteiger partial charge in [-0.3, -0.25) is 9.59 Å². The topological polar surface area (TPSA) is 66.4 Å². The number of rotatable bonds is 5. The molecule has 0 radical (unpaired) electrons. The van der Waals surface area contributed by atoms with Crippen LogP contribution in [0.25, 0.3) is 0 Å². The normalized spacial score (nSPS) is 21.1. The number of nitrogens with one attached hydrogen (secondary N) is 1. The van der Waals surface area contributed by atoms with Gasteiger partial charge in [0, 0.05) is 13.0 Å². The monoisotopic (exact) mass is 275 g/mol. The zero-order chi connectivity index (χ0) is 14.6. The van der Waals surface area contributed by atoms with Crippen LogP contribution in [0.2, 0.25) is 0 Å². The Balaban J connectivity index is 2.04. The largest absolute Gasteiger partial charge is 0.481 e. The van der Waals surface area contributed by atoms with Crippen LogP contribution in [-0.2, 0) is 21.4 Å². The first-order chi connectivity index (χ1) is 9.54. The van der Waals surface area contributed by atoms with Crippen molar-refractivity contribution in [3.8, 4) is 0 Å². The number of aliphatic carboxylic acids is 1. The number of carbonyl (C=O) groups is 2. The zero-order valence-corrected chi connectivity index (χ0v) is 11.8. The quantitative estimate of drug-likeness (QED) is 0.810. The summed E-state index contributed by atoms with van der Waals surface area (Å²) in [7, 11) is 0. The molecule has 0 heterocycles. The van der Waals surface area contributed by atoms with Crippen molar-refractivity contribution in [2.75, 3.05) is 6.54 Å². The molecule has 0 bridgehead atoms. The Hall–Kier alpha value is -1.84. The number of hydrogen-bond donors (Lipinski definition) is 2. The summed E-state index contributed by atoms with van der Waals surface area (Å²) in [5.41, 5.74) is 1.88. The van der Waals surface area contributed by atoms with E-state index in [0.29, 0.717) is 13.0 Å². The maximum atomic E-state index is 12.5. The van der Waals surface area contributed by atoms with E-state index in [9.17, 15) is 9.59 Å². The molecule has 0 fully saturated rings. The summed E-state index contributed by atoms with van der Waals surface area (Å²) >= 11 is 0. The lowest BCUT2D eigenvalue weighted by molar-refractivity contribution is -0.137. The molecule has 1 aromatic rings. The van der Waals surface area contributed by atoms with Crippen molar-refractivity contribution >= 4 is 11.9 Å². The average molecular weight is 275 g/mol. The minimum atomic E-state index is -0.825. The lowest BCUT2D eigenvalue weighted by atomic mass is 9.70. The van der Waals surface area contributed by atoms with E-state index in [1.807, 2.05) is 25.1 Å². The lowest BCUT2D eigenvalue weighted by Gasteiger charge is -2.34. The predicted molar refractivity (Wildman–Crippen MR) is 76.6 cm³/mol. The highest BCUT2D eigenvalue weighted by Gasteiger charge is 2.38. The number of carbonyl (C=O) groups excluding carboxylic acids is 1. The standard InChI is InChI=1S/C16H21NO3/c1-16(15(20)17-11-5-9-14(18)19)10-4-7-12-6-2-3-8-13(12)16/h2-3,6,8H,4-5,7,9-11H2,1H3,(H,17,20)(H,18,19). The molecule has 4 nitrogen and oxygen atoms in total. The van der Waals surface area contributed by atoms with Crippen molar-refractivity contribution in [1.29, 1.82) is 0 Å². The number of hydrogen-bond acceptors (Lipinski definition) is 2. The van der Waals surface area contributed by atoms with Crippen LogP contribution in [0.5, 0.6) is 0 Å². The van der Waals surface area contributed by atoms with Gasteiger partial charge in [0.15, 0.2) is 0 Å². The third-order valence-corrected chi connectivity index (χ3v) is 4.09. The highest BCUT2D eigenvalue weighted by molar-refractivity contribution is 5.88. The summed E-state index contributed by atoms with van der Waals surface area (Å²) < 4.78 is 0. The first-order valence-corrected chi connectivity index (χ1v) is 7.12. The van der Waals surface area contributed by atoms with Crippen LogP contribution in [0.4, 0.5) is 0 Å². The molecule has 0 spiro atoms. The first kappa shape index (κ1) is 14.6. The minimum Gasteiger partial charge on any atom is -0.481 e. The van der Waals surface area contributed by atoms with Crippen molar-refractivity contribution in [2.24, 2.45) is 0 Å². The van der Waals surface area contributed by atoms with Crippen molar-refractivity contribution in [3.05, 3.63) is 35.4 Å². The highest BCUT2D eigenvalue weighted by atomic mass is 16.4. The molecule has 1 aliphatic carbocycles. The number of carboxylic acid groups (broad SMARTS) is 1. The molecule has 0 saturated carbocycles. The predicted octanol–water partition coefficient (Wildman–Crippen LogP) is 2.26. The van der Waals surface area contributed by atoms with E-state index in [4.69, 9.17) is 5.11 Å². The van der Waals surface area contributed by atoms with E-state index in [-0.39, 0.29) is 12.3 Å². The summed E-state index contributed by atoms with van der Waals surface area (Å²) in [5.74, 6) is -0.816. The van der Waals surface area contributed by atoms with Gasteiger partial charge in [0.25, 0.3) is 0 Å². The molecule has 2 N–H and O–H groups in total. The van der Waals surface area contributed by atoms with E-state index in [1.165, 1.54) is 5.56 Å². The number of carboxylic acids is 1. The van der Waals surface area contributed by atoms with Gasteiger partial charge in [0.05, 0.1) is 5.41 Å². The molecular weight excluding hydrogens is 254 g/mol. The number of fused-ring (bicyclic) bond motifs is 1. The van der Waals surface area contributed by atoms with Gasteiger partial charge in [0.2, 0.25) is 5.91 Å². The number of aryl methyl sites for hydroxylation is 1. The van der Waals surface area contributed by atoms with Crippen LogP contribution in [0.15, 0.2) is 24.3 Å². The van der Waals surface area contributed by atoms with Crippen molar-refractivity contribution in [1.82, 2.24) is 5.32 Å². The van der Waals surface area contributed by atoms with E-state index < -0.39 is 11.4 Å². The molecule has 1 atom stereocenters. The maximum absolute atomic E-state index is 12.5. The van der Waals surface area contributed by atoms with Crippen LogP contribution < -0.4 is 5.32 Å². The van der Waals surface area contributed by atoms with Crippen molar-refractivity contribution in [2.45, 2.75) is 44.4 Å². The summed E-state index contributed by atoms with van der Waals surface area (Å²) in [5, 5.41) is 11.5. The first-order valence-electron chi connectivity index (χ1n) is 7.12. The third kappa shape index (κ3) is 3.00.